The average Bonchev–Trinajstić information content (AvgIpc) is 2.95. The van der Waals surface area contributed by atoms with E-state index in [1.165, 1.54) is 36.4 Å². The molecule has 0 fully saturated rings. The third-order valence-corrected chi connectivity index (χ3v) is 5.65. The Balaban J connectivity index is 1.31. The lowest BCUT2D eigenvalue weighted by Crippen LogP contribution is -2.22. The number of phenolic OH excluding ortho intramolecular Hbond substituents is 2. The van der Waals surface area contributed by atoms with E-state index in [2.05, 4.69) is 36.2 Å². The number of nitrogens with one attached hydrogen (secondary N) is 4. The number of halogens is 1. The Bertz CT molecular complexity index is 1530. The number of carbonyl (C=O) groups excluding carboxylic acids is 1. The van der Waals surface area contributed by atoms with Crippen LogP contribution in [0.15, 0.2) is 97.1 Å². The SMILES string of the molecule is O=C(NCc1ccc(F)cc1)c1ccc(Nc2nc(Nc3ccc(O)cc3)nc(Nc3ccc(O)cc3)n2)cc1. The smallest absolute Gasteiger partial charge is 0.251 e. The maximum atomic E-state index is 13.1. The number of hydrogen-bond donors (Lipinski definition) is 6. The second kappa shape index (κ2) is 11.8. The number of amides is 1. The number of nitrogens with zero attached hydrogens (tertiary/aromatic N) is 3. The highest BCUT2D eigenvalue weighted by Gasteiger charge is 2.10. The normalized spacial score (nSPS) is 10.5. The summed E-state index contributed by atoms with van der Waals surface area (Å²) >= 11 is 0. The number of carbonyl (C=O) groups is 1. The fourth-order valence-corrected chi connectivity index (χ4v) is 3.61. The molecule has 0 saturated heterocycles. The Hall–Kier alpha value is -5.71. The van der Waals surface area contributed by atoms with Gasteiger partial charge in [-0.15, -0.1) is 0 Å². The van der Waals surface area contributed by atoms with Gasteiger partial charge in [0.25, 0.3) is 5.91 Å². The zero-order chi connectivity index (χ0) is 27.9. The maximum absolute atomic E-state index is 13.1. The lowest BCUT2D eigenvalue weighted by Gasteiger charge is -2.12. The lowest BCUT2D eigenvalue weighted by atomic mass is 10.1. The van der Waals surface area contributed by atoms with E-state index in [1.807, 2.05) is 0 Å². The molecule has 0 atom stereocenters. The van der Waals surface area contributed by atoms with Crippen LogP contribution in [0.2, 0.25) is 0 Å². The molecule has 11 heteroatoms. The van der Waals surface area contributed by atoms with Gasteiger partial charge in [0, 0.05) is 29.2 Å². The van der Waals surface area contributed by atoms with E-state index in [4.69, 9.17) is 0 Å². The Morgan fingerprint density at radius 1 is 0.600 bits per heavy atom. The number of benzene rings is 4. The Morgan fingerprint density at radius 2 is 1.00 bits per heavy atom. The molecule has 4 aromatic carbocycles. The van der Waals surface area contributed by atoms with Crippen LogP contribution in [0.4, 0.5) is 39.3 Å². The highest BCUT2D eigenvalue weighted by molar-refractivity contribution is 5.94. The minimum atomic E-state index is -0.331. The molecule has 0 spiro atoms. The summed E-state index contributed by atoms with van der Waals surface area (Å²) in [7, 11) is 0. The molecule has 0 aliphatic rings. The summed E-state index contributed by atoms with van der Waals surface area (Å²) in [5, 5.41) is 31.2. The highest BCUT2D eigenvalue weighted by Crippen LogP contribution is 2.23. The van der Waals surface area contributed by atoms with Crippen LogP contribution in [-0.2, 0) is 6.54 Å². The fraction of sp³-hybridized carbons (Fsp3) is 0.0345. The van der Waals surface area contributed by atoms with Crippen LogP contribution in [0.5, 0.6) is 11.5 Å². The second-order valence-corrected chi connectivity index (χ2v) is 8.66. The number of anilines is 6. The van der Waals surface area contributed by atoms with Gasteiger partial charge in [0.15, 0.2) is 0 Å². The maximum Gasteiger partial charge on any atom is 0.251 e. The van der Waals surface area contributed by atoms with Gasteiger partial charge in [0.05, 0.1) is 0 Å². The van der Waals surface area contributed by atoms with Crippen molar-refractivity contribution in [2.75, 3.05) is 16.0 Å². The van der Waals surface area contributed by atoms with E-state index in [0.29, 0.717) is 22.6 Å². The first kappa shape index (κ1) is 25.9. The zero-order valence-corrected chi connectivity index (χ0v) is 21.0. The number of aromatic hydroxyl groups is 2. The van der Waals surface area contributed by atoms with Gasteiger partial charge in [-0.05, 0) is 90.5 Å². The second-order valence-electron chi connectivity index (χ2n) is 8.66. The summed E-state index contributed by atoms with van der Waals surface area (Å²) in [5.74, 6) is 0.366. The van der Waals surface area contributed by atoms with Gasteiger partial charge in [-0.1, -0.05) is 12.1 Å². The number of aromatic nitrogens is 3. The molecule has 0 unspecified atom stereocenters. The molecule has 10 nitrogen and oxygen atoms in total. The number of rotatable bonds is 9. The van der Waals surface area contributed by atoms with Crippen molar-refractivity contribution in [3.63, 3.8) is 0 Å². The Labute approximate surface area is 228 Å². The minimum Gasteiger partial charge on any atom is -0.508 e. The molecular formula is C29H24FN7O3. The molecule has 0 aliphatic carbocycles. The molecule has 200 valence electrons. The molecule has 0 bridgehead atoms. The van der Waals surface area contributed by atoms with E-state index in [9.17, 15) is 19.4 Å². The van der Waals surface area contributed by atoms with Crippen LogP contribution in [0.25, 0.3) is 0 Å². The van der Waals surface area contributed by atoms with E-state index < -0.39 is 0 Å². The van der Waals surface area contributed by atoms with Gasteiger partial charge < -0.3 is 31.5 Å². The third kappa shape index (κ3) is 6.98. The summed E-state index contributed by atoms with van der Waals surface area (Å²) in [5.41, 5.74) is 3.18. The lowest BCUT2D eigenvalue weighted by molar-refractivity contribution is 0.0951. The van der Waals surface area contributed by atoms with Crippen molar-refractivity contribution in [3.8, 4) is 11.5 Å². The molecule has 1 amide bonds. The summed E-state index contributed by atoms with van der Waals surface area (Å²) < 4.78 is 13.1. The molecule has 1 aromatic heterocycles. The van der Waals surface area contributed by atoms with Crippen molar-refractivity contribution in [2.24, 2.45) is 0 Å². The topological polar surface area (TPSA) is 144 Å². The molecule has 5 aromatic rings. The molecule has 0 aliphatic heterocycles. The first-order chi connectivity index (χ1) is 19.4. The molecule has 0 radical (unpaired) electrons. The number of phenols is 2. The van der Waals surface area contributed by atoms with Crippen molar-refractivity contribution >= 4 is 40.8 Å². The summed E-state index contributed by atoms with van der Waals surface area (Å²) in [6.07, 6.45) is 0. The monoisotopic (exact) mass is 537 g/mol. The van der Waals surface area contributed by atoms with E-state index >= 15 is 0 Å². The largest absolute Gasteiger partial charge is 0.508 e. The summed E-state index contributed by atoms with van der Waals surface area (Å²) in [6, 6.07) is 25.6. The first-order valence-corrected chi connectivity index (χ1v) is 12.2. The van der Waals surface area contributed by atoms with Crippen LogP contribution in [-0.4, -0.2) is 31.1 Å². The molecule has 0 saturated carbocycles. The number of hydrogen-bond acceptors (Lipinski definition) is 9. The van der Waals surface area contributed by atoms with Crippen molar-refractivity contribution < 1.29 is 19.4 Å². The molecule has 6 N–H and O–H groups in total. The third-order valence-electron chi connectivity index (χ3n) is 5.65. The molecule has 40 heavy (non-hydrogen) atoms. The summed E-state index contributed by atoms with van der Waals surface area (Å²) in [4.78, 5) is 25.8. The quantitative estimate of drug-likeness (QED) is 0.133. The van der Waals surface area contributed by atoms with Gasteiger partial charge in [0.1, 0.15) is 17.3 Å². The minimum absolute atomic E-state index is 0.130. The van der Waals surface area contributed by atoms with Crippen LogP contribution in [0.1, 0.15) is 15.9 Å². The molecular weight excluding hydrogens is 513 g/mol. The van der Waals surface area contributed by atoms with Crippen molar-refractivity contribution in [3.05, 3.63) is 114 Å². The van der Waals surface area contributed by atoms with Gasteiger partial charge in [-0.3, -0.25) is 4.79 Å². The van der Waals surface area contributed by atoms with Gasteiger partial charge in [0.2, 0.25) is 17.8 Å². The summed E-state index contributed by atoms with van der Waals surface area (Å²) in [6.45, 7) is 0.275. The van der Waals surface area contributed by atoms with E-state index in [-0.39, 0.29) is 47.6 Å². The Kier molecular flexibility index (Phi) is 7.63. The van der Waals surface area contributed by atoms with Crippen LogP contribution < -0.4 is 21.3 Å². The average molecular weight is 538 g/mol. The van der Waals surface area contributed by atoms with Crippen molar-refractivity contribution in [1.29, 1.82) is 0 Å². The highest BCUT2D eigenvalue weighted by atomic mass is 19.1. The van der Waals surface area contributed by atoms with E-state index in [1.54, 1.807) is 60.7 Å². The molecule has 5 rings (SSSR count). The van der Waals surface area contributed by atoms with E-state index in [0.717, 1.165) is 5.56 Å². The molecule has 1 heterocycles. The van der Waals surface area contributed by atoms with Crippen LogP contribution in [0, 0.1) is 5.82 Å². The van der Waals surface area contributed by atoms with Crippen LogP contribution in [0.3, 0.4) is 0 Å². The van der Waals surface area contributed by atoms with Gasteiger partial charge in [-0.2, -0.15) is 15.0 Å². The fourth-order valence-electron chi connectivity index (χ4n) is 3.61. The predicted molar refractivity (Wildman–Crippen MR) is 150 cm³/mol. The van der Waals surface area contributed by atoms with Crippen molar-refractivity contribution in [2.45, 2.75) is 6.54 Å². The zero-order valence-electron chi connectivity index (χ0n) is 21.0. The predicted octanol–water partition coefficient (Wildman–Crippen LogP) is 5.58. The first-order valence-electron chi connectivity index (χ1n) is 12.2. The Morgan fingerprint density at radius 3 is 1.43 bits per heavy atom. The van der Waals surface area contributed by atoms with Gasteiger partial charge in [-0.25, -0.2) is 4.39 Å². The van der Waals surface area contributed by atoms with Crippen molar-refractivity contribution in [1.82, 2.24) is 20.3 Å². The van der Waals surface area contributed by atoms with Crippen LogP contribution >= 0.6 is 0 Å². The standard InChI is InChI=1S/C29H24FN7O3/c30-20-5-1-18(2-6-20)17-31-26(40)19-3-7-21(8-4-19)32-27-35-28(33-22-9-13-24(38)14-10-22)37-29(36-27)34-23-11-15-25(39)16-12-23/h1-16,38-39H,17H2,(H,31,40)(H3,32,33,34,35,36,37). The van der Waals surface area contributed by atoms with Gasteiger partial charge >= 0.3 is 0 Å².